The quantitative estimate of drug-likeness (QED) is 0.190. The Hall–Kier alpha value is -1.52. The maximum absolute atomic E-state index is 12.9. The van der Waals surface area contributed by atoms with Gasteiger partial charge < -0.3 is 15.7 Å². The molecule has 1 heterocycles. The first-order valence-electron chi connectivity index (χ1n) is 11.1. The van der Waals surface area contributed by atoms with E-state index in [9.17, 15) is 24.3 Å². The van der Waals surface area contributed by atoms with Crippen LogP contribution in [0.2, 0.25) is 0 Å². The van der Waals surface area contributed by atoms with Crippen molar-refractivity contribution in [3.8, 4) is 0 Å². The highest BCUT2D eigenvalue weighted by molar-refractivity contribution is 9.10. The van der Waals surface area contributed by atoms with Crippen LogP contribution in [0.5, 0.6) is 0 Å². The van der Waals surface area contributed by atoms with Gasteiger partial charge in [0.1, 0.15) is 12.1 Å². The summed E-state index contributed by atoms with van der Waals surface area (Å²) in [5.74, 6) is -2.52. The molecular formula is C23H31BrN2O5S2. The van der Waals surface area contributed by atoms with Gasteiger partial charge in [0.05, 0.1) is 0 Å². The maximum atomic E-state index is 12.9. The van der Waals surface area contributed by atoms with E-state index >= 15 is 0 Å². The number of carboxylic acids is 1. The Bertz CT molecular complexity index is 829. The predicted molar refractivity (Wildman–Crippen MR) is 136 cm³/mol. The number of ketones is 1. The fraction of sp³-hybridized carbons (Fsp3) is 0.565. The molecule has 3 atom stereocenters. The number of nitrogens with one attached hydrogen (secondary N) is 2. The minimum Gasteiger partial charge on any atom is -0.475 e. The highest BCUT2D eigenvalue weighted by Crippen LogP contribution is 2.39. The zero-order chi connectivity index (χ0) is 24.4. The summed E-state index contributed by atoms with van der Waals surface area (Å²) in [4.78, 5) is 48.9. The predicted octanol–water partition coefficient (Wildman–Crippen LogP) is 3.99. The molecule has 1 aromatic rings. The molecule has 1 aromatic carbocycles. The van der Waals surface area contributed by atoms with Crippen molar-refractivity contribution in [2.75, 3.05) is 5.75 Å². The number of benzene rings is 1. The van der Waals surface area contributed by atoms with Crippen LogP contribution in [-0.2, 0) is 25.6 Å². The molecule has 0 saturated carbocycles. The van der Waals surface area contributed by atoms with E-state index in [1.54, 1.807) is 38.1 Å². The van der Waals surface area contributed by atoms with Crippen LogP contribution >= 0.6 is 37.5 Å². The highest BCUT2D eigenvalue weighted by atomic mass is 79.9. The van der Waals surface area contributed by atoms with Crippen molar-refractivity contribution in [3.05, 3.63) is 34.3 Å². The molecule has 10 heteroatoms. The second kappa shape index (κ2) is 14.0. The zero-order valence-electron chi connectivity index (χ0n) is 18.8. The van der Waals surface area contributed by atoms with Gasteiger partial charge in [-0.1, -0.05) is 69.9 Å². The molecule has 2 amide bonds. The van der Waals surface area contributed by atoms with E-state index in [1.807, 2.05) is 21.6 Å². The van der Waals surface area contributed by atoms with Crippen molar-refractivity contribution in [2.45, 2.75) is 69.7 Å². The van der Waals surface area contributed by atoms with Gasteiger partial charge >= 0.3 is 5.97 Å². The smallest absolute Gasteiger partial charge is 0.374 e. The van der Waals surface area contributed by atoms with E-state index in [2.05, 4.69) is 26.6 Å². The Labute approximate surface area is 211 Å². The van der Waals surface area contributed by atoms with Crippen molar-refractivity contribution >= 4 is 61.1 Å². The van der Waals surface area contributed by atoms with Crippen LogP contribution in [0.25, 0.3) is 0 Å². The summed E-state index contributed by atoms with van der Waals surface area (Å²) < 4.78 is 0.847. The minimum absolute atomic E-state index is 0.0420. The van der Waals surface area contributed by atoms with Crippen LogP contribution in [0, 0.1) is 5.92 Å². The molecule has 1 aliphatic heterocycles. The van der Waals surface area contributed by atoms with Crippen molar-refractivity contribution in [2.24, 2.45) is 5.92 Å². The summed E-state index contributed by atoms with van der Waals surface area (Å²) in [5, 5.41) is 15.2. The molecule has 1 fully saturated rings. The summed E-state index contributed by atoms with van der Waals surface area (Å²) in [7, 11) is 3.82. The van der Waals surface area contributed by atoms with Crippen molar-refractivity contribution in [1.82, 2.24) is 10.6 Å². The molecule has 2 rings (SSSR count). The number of hydrogen-bond acceptors (Lipinski definition) is 6. The molecule has 0 bridgehead atoms. The lowest BCUT2D eigenvalue weighted by Gasteiger charge is -2.24. The van der Waals surface area contributed by atoms with Gasteiger partial charge in [0, 0.05) is 28.3 Å². The van der Waals surface area contributed by atoms with Gasteiger partial charge in [-0.05, 0) is 42.9 Å². The number of carboxylic acid groups (broad SMARTS) is 1. The number of carbonyl (C=O) groups excluding carboxylic acids is 3. The summed E-state index contributed by atoms with van der Waals surface area (Å²) >= 11 is 3.33. The van der Waals surface area contributed by atoms with Gasteiger partial charge in [-0.15, -0.1) is 0 Å². The summed E-state index contributed by atoms with van der Waals surface area (Å²) in [6.45, 7) is 3.59. The van der Waals surface area contributed by atoms with E-state index < -0.39 is 29.7 Å². The second-order valence-electron chi connectivity index (χ2n) is 8.43. The number of amides is 2. The van der Waals surface area contributed by atoms with E-state index in [-0.39, 0.29) is 18.2 Å². The van der Waals surface area contributed by atoms with Crippen LogP contribution in [0.4, 0.5) is 0 Å². The number of aliphatic carboxylic acids is 1. The number of Topliss-reactive ketones (excluding diaryl/α,β-unsaturated/α-hetero) is 1. The van der Waals surface area contributed by atoms with Crippen molar-refractivity contribution in [3.63, 3.8) is 0 Å². The first-order chi connectivity index (χ1) is 15.7. The number of hydrogen-bond donors (Lipinski definition) is 3. The molecule has 0 aromatic heterocycles. The molecule has 0 aliphatic carbocycles. The van der Waals surface area contributed by atoms with E-state index in [1.165, 1.54) is 12.2 Å². The van der Waals surface area contributed by atoms with Gasteiger partial charge in [-0.25, -0.2) is 4.79 Å². The van der Waals surface area contributed by atoms with Crippen molar-refractivity contribution < 1.29 is 24.3 Å². The Balaban J connectivity index is 1.93. The normalized spacial score (nSPS) is 17.4. The standard InChI is InChI=1S/C23H31BrN2O5S2/c1-14(2)20(26-19(27)6-4-3-5-17-11-12-32-33-17)22(29)25-18(21(28)23(30)31)13-15-7-9-16(24)10-8-15/h7-10,14,17-18,20H,3-6,11-13H2,1-2H3,(H,25,29)(H,26,27)(H,30,31)/t17?,18-,20-/m0/s1. The Morgan fingerprint density at radius 3 is 2.39 bits per heavy atom. The van der Waals surface area contributed by atoms with Crippen LogP contribution in [-0.4, -0.2) is 51.8 Å². The van der Waals surface area contributed by atoms with Gasteiger partial charge in [0.25, 0.3) is 5.78 Å². The molecule has 7 nitrogen and oxygen atoms in total. The molecule has 0 spiro atoms. The summed E-state index contributed by atoms with van der Waals surface area (Å²) in [5.41, 5.74) is 0.710. The Morgan fingerprint density at radius 1 is 1.12 bits per heavy atom. The number of halogens is 1. The Kier molecular flexibility index (Phi) is 11.8. The monoisotopic (exact) mass is 558 g/mol. The largest absolute Gasteiger partial charge is 0.475 e. The van der Waals surface area contributed by atoms with Crippen molar-refractivity contribution in [1.29, 1.82) is 0 Å². The minimum atomic E-state index is -1.61. The lowest BCUT2D eigenvalue weighted by molar-refractivity contribution is -0.150. The number of rotatable bonds is 13. The number of unbranched alkanes of at least 4 members (excludes halogenated alkanes) is 1. The summed E-state index contributed by atoms with van der Waals surface area (Å²) in [6.07, 6.45) is 4.40. The molecule has 3 N–H and O–H groups in total. The van der Waals surface area contributed by atoms with Crippen LogP contribution in [0.3, 0.4) is 0 Å². The van der Waals surface area contributed by atoms with Crippen LogP contribution in [0.1, 0.15) is 51.5 Å². The maximum Gasteiger partial charge on any atom is 0.374 e. The van der Waals surface area contributed by atoms with Gasteiger partial charge in [0.2, 0.25) is 11.8 Å². The SMILES string of the molecule is CC(C)[C@H](NC(=O)CCCCC1CCSS1)C(=O)N[C@@H](Cc1ccc(Br)cc1)C(=O)C(=O)O. The third-order valence-corrected chi connectivity index (χ3v) is 8.91. The molecule has 1 aliphatic rings. The van der Waals surface area contributed by atoms with Gasteiger partial charge in [-0.3, -0.25) is 14.4 Å². The lowest BCUT2D eigenvalue weighted by Crippen LogP contribution is -2.55. The number of carbonyl (C=O) groups is 4. The van der Waals surface area contributed by atoms with E-state index in [4.69, 9.17) is 0 Å². The highest BCUT2D eigenvalue weighted by Gasteiger charge is 2.31. The third kappa shape index (κ3) is 9.70. The molecule has 1 unspecified atom stereocenters. The van der Waals surface area contributed by atoms with Crippen LogP contribution < -0.4 is 10.6 Å². The average molecular weight is 560 g/mol. The second-order valence-corrected chi connectivity index (χ2v) is 12.1. The zero-order valence-corrected chi connectivity index (χ0v) is 22.1. The molecule has 0 radical (unpaired) electrons. The third-order valence-electron chi connectivity index (χ3n) is 5.37. The Morgan fingerprint density at radius 2 is 1.82 bits per heavy atom. The first kappa shape index (κ1) is 27.7. The summed E-state index contributed by atoms with van der Waals surface area (Å²) in [6, 6.07) is 4.98. The van der Waals surface area contributed by atoms with E-state index in [0.717, 1.165) is 23.7 Å². The van der Waals surface area contributed by atoms with Gasteiger partial charge in [-0.2, -0.15) is 0 Å². The molecular weight excluding hydrogens is 528 g/mol. The average Bonchev–Trinajstić information content (AvgIpc) is 3.28. The first-order valence-corrected chi connectivity index (χ1v) is 14.2. The fourth-order valence-electron chi connectivity index (χ4n) is 3.48. The van der Waals surface area contributed by atoms with Crippen LogP contribution in [0.15, 0.2) is 28.7 Å². The van der Waals surface area contributed by atoms with Gasteiger partial charge in [0.15, 0.2) is 0 Å². The lowest BCUT2D eigenvalue weighted by atomic mass is 9.99. The molecule has 1 saturated heterocycles. The fourth-order valence-corrected chi connectivity index (χ4v) is 6.77. The molecule has 182 valence electrons. The topological polar surface area (TPSA) is 113 Å². The van der Waals surface area contributed by atoms with E-state index in [0.29, 0.717) is 17.2 Å². The molecule has 33 heavy (non-hydrogen) atoms.